The first-order valence-corrected chi connectivity index (χ1v) is 9.82. The molecule has 2 unspecified atom stereocenters. The van der Waals surface area contributed by atoms with E-state index in [9.17, 15) is 15.8 Å². The first kappa shape index (κ1) is 19.3. The lowest BCUT2D eigenvalue weighted by Gasteiger charge is -2.46. The third-order valence-corrected chi connectivity index (χ3v) is 6.61. The number of halogens is 1. The lowest BCUT2D eigenvalue weighted by Crippen LogP contribution is -3.13. The van der Waals surface area contributed by atoms with Crippen LogP contribution in [0.2, 0.25) is 5.02 Å². The Balaban J connectivity index is 1.96. The van der Waals surface area contributed by atoms with Crippen LogP contribution in [0.25, 0.3) is 0 Å². The van der Waals surface area contributed by atoms with E-state index in [1.165, 1.54) is 4.90 Å². The molecule has 0 radical (unpaired) electrons. The summed E-state index contributed by atoms with van der Waals surface area (Å²) in [6, 6.07) is 9.68. The van der Waals surface area contributed by atoms with Crippen molar-refractivity contribution in [1.82, 2.24) is 0 Å². The van der Waals surface area contributed by atoms with Crippen LogP contribution in [0, 0.1) is 56.7 Å². The van der Waals surface area contributed by atoms with Crippen molar-refractivity contribution in [3.8, 4) is 29.7 Å². The Morgan fingerprint density at radius 2 is 1.93 bits per heavy atom. The lowest BCUT2D eigenvalue weighted by atomic mass is 9.54. The number of nitrogens with one attached hydrogen (secondary N) is 2. The highest BCUT2D eigenvalue weighted by atomic mass is 35.5. The van der Waals surface area contributed by atoms with Gasteiger partial charge in [0, 0.05) is 22.9 Å². The molecular weight excluding hydrogens is 390 g/mol. The van der Waals surface area contributed by atoms with Crippen molar-refractivity contribution in [3.63, 3.8) is 0 Å². The van der Waals surface area contributed by atoms with E-state index in [1.54, 1.807) is 12.1 Å². The average Bonchev–Trinajstić information content (AvgIpc) is 3.19. The maximum absolute atomic E-state index is 10.1. The van der Waals surface area contributed by atoms with Crippen molar-refractivity contribution >= 4 is 17.3 Å². The third-order valence-electron chi connectivity index (χ3n) is 6.29. The molecule has 7 nitrogen and oxygen atoms in total. The van der Waals surface area contributed by atoms with E-state index in [4.69, 9.17) is 26.5 Å². The van der Waals surface area contributed by atoms with E-state index in [-0.39, 0.29) is 18.4 Å². The van der Waals surface area contributed by atoms with Crippen LogP contribution >= 0.6 is 11.6 Å². The molecule has 0 amide bonds. The van der Waals surface area contributed by atoms with Gasteiger partial charge in [0.05, 0.1) is 43.6 Å². The zero-order chi connectivity index (χ0) is 20.8. The van der Waals surface area contributed by atoms with Gasteiger partial charge in [-0.1, -0.05) is 11.6 Å². The molecule has 1 aromatic carbocycles. The monoisotopic (exact) mass is 408 g/mol. The highest BCUT2D eigenvalue weighted by Gasteiger charge is 2.59. The van der Waals surface area contributed by atoms with Crippen LogP contribution in [0.5, 0.6) is 11.5 Å². The van der Waals surface area contributed by atoms with E-state index >= 15 is 0 Å². The summed E-state index contributed by atoms with van der Waals surface area (Å²) in [6.07, 6.45) is 2.00. The smallest absolute Gasteiger partial charge is 0.231 e. The topological polar surface area (TPSA) is 118 Å². The highest BCUT2D eigenvalue weighted by Crippen LogP contribution is 2.55. The Kier molecular flexibility index (Phi) is 4.71. The minimum Gasteiger partial charge on any atom is -0.454 e. The third kappa shape index (κ3) is 2.69. The molecule has 146 valence electrons. The standard InChI is InChI=1S/C21H18ClN5O2/c1-2-27-4-3-12-14(7-23)20(26)21(9-24,10-25)19(15(12)8-27)13-5-17-18(6-16(13)22)29-11-28-17/h3,5-6,14-15,19,26H,2,4,8,11H2,1H3/p+1/t14?,15-,19-/m0/s1. The lowest BCUT2D eigenvalue weighted by molar-refractivity contribution is -0.897. The zero-order valence-electron chi connectivity index (χ0n) is 15.8. The molecule has 4 rings (SSSR count). The number of hydrogen-bond donors (Lipinski definition) is 2. The van der Waals surface area contributed by atoms with Crippen molar-refractivity contribution in [2.24, 2.45) is 17.3 Å². The van der Waals surface area contributed by atoms with Gasteiger partial charge in [0.15, 0.2) is 16.9 Å². The Morgan fingerprint density at radius 3 is 2.55 bits per heavy atom. The van der Waals surface area contributed by atoms with Crippen molar-refractivity contribution in [1.29, 1.82) is 21.2 Å². The summed E-state index contributed by atoms with van der Waals surface area (Å²) < 4.78 is 10.9. The predicted octanol–water partition coefficient (Wildman–Crippen LogP) is 1.82. The summed E-state index contributed by atoms with van der Waals surface area (Å²) in [7, 11) is 0. The van der Waals surface area contributed by atoms with Gasteiger partial charge < -0.3 is 19.8 Å². The number of likely N-dealkylation sites (N-methyl/N-ethyl adjacent to an activating group) is 1. The minimum atomic E-state index is -1.78. The first-order chi connectivity index (χ1) is 14.0. The van der Waals surface area contributed by atoms with Gasteiger partial charge >= 0.3 is 0 Å². The summed E-state index contributed by atoms with van der Waals surface area (Å²) in [5.74, 6) is -0.788. The largest absolute Gasteiger partial charge is 0.454 e. The molecule has 8 heteroatoms. The maximum Gasteiger partial charge on any atom is 0.231 e. The van der Waals surface area contributed by atoms with Crippen molar-refractivity contribution < 1.29 is 14.4 Å². The molecule has 4 atom stereocenters. The van der Waals surface area contributed by atoms with Crippen molar-refractivity contribution in [2.75, 3.05) is 26.4 Å². The molecular formula is C21H19ClN5O2+. The molecule has 1 aliphatic carbocycles. The number of nitriles is 3. The fraction of sp³-hybridized carbons (Fsp3) is 0.429. The molecule has 2 N–H and O–H groups in total. The average molecular weight is 409 g/mol. The summed E-state index contributed by atoms with van der Waals surface area (Å²) >= 11 is 6.59. The maximum atomic E-state index is 10.1. The summed E-state index contributed by atoms with van der Waals surface area (Å²) in [5, 5.41) is 39.0. The molecule has 1 fully saturated rings. The van der Waals surface area contributed by atoms with E-state index < -0.39 is 17.3 Å². The van der Waals surface area contributed by atoms with E-state index in [1.807, 2.05) is 6.08 Å². The number of quaternary nitrogens is 1. The molecule has 2 aliphatic heterocycles. The van der Waals surface area contributed by atoms with Gasteiger partial charge in [-0.2, -0.15) is 15.8 Å². The number of hydrogen-bond acceptors (Lipinski definition) is 6. The highest BCUT2D eigenvalue weighted by molar-refractivity contribution is 6.31. The number of fused-ring (bicyclic) bond motifs is 2. The van der Waals surface area contributed by atoms with E-state index in [0.29, 0.717) is 28.6 Å². The fourth-order valence-electron chi connectivity index (χ4n) is 4.77. The molecule has 0 bridgehead atoms. The Hall–Kier alpha value is -3.05. The fourth-order valence-corrected chi connectivity index (χ4v) is 5.04. The van der Waals surface area contributed by atoms with Crippen LogP contribution < -0.4 is 14.4 Å². The summed E-state index contributed by atoms with van der Waals surface area (Å²) in [5.41, 5.74) is -0.565. The normalized spacial score (nSPS) is 29.1. The molecule has 2 heterocycles. The SMILES string of the molecule is CC[NH+]1CC=C2C(C#N)C(=N)C(C#N)(C#N)[C@@H](c3cc4c(cc3Cl)OCO4)[C@H]2C1. The second-order valence-corrected chi connectivity index (χ2v) is 7.94. The Bertz CT molecular complexity index is 1030. The minimum absolute atomic E-state index is 0.0795. The van der Waals surface area contributed by atoms with Crippen LogP contribution in [-0.2, 0) is 0 Å². The quantitative estimate of drug-likeness (QED) is 0.723. The summed E-state index contributed by atoms with van der Waals surface area (Å²) in [6.45, 7) is 4.44. The number of ether oxygens (including phenoxy) is 2. The molecule has 3 aliphatic rings. The van der Waals surface area contributed by atoms with Crippen LogP contribution in [0.15, 0.2) is 23.8 Å². The van der Waals surface area contributed by atoms with Gasteiger partial charge in [-0.3, -0.25) is 0 Å². The molecule has 0 spiro atoms. The van der Waals surface area contributed by atoms with Gasteiger partial charge in [-0.25, -0.2) is 0 Å². The molecule has 1 saturated carbocycles. The predicted molar refractivity (Wildman–Crippen MR) is 104 cm³/mol. The van der Waals surface area contributed by atoms with Crippen LogP contribution in [0.1, 0.15) is 18.4 Å². The van der Waals surface area contributed by atoms with Crippen LogP contribution in [-0.4, -0.2) is 32.1 Å². The second-order valence-electron chi connectivity index (χ2n) is 7.53. The van der Waals surface area contributed by atoms with Gasteiger partial charge in [0.25, 0.3) is 0 Å². The van der Waals surface area contributed by atoms with Gasteiger partial charge in [0.1, 0.15) is 5.92 Å². The zero-order valence-corrected chi connectivity index (χ0v) is 16.6. The molecule has 1 aromatic rings. The molecule has 29 heavy (non-hydrogen) atoms. The second kappa shape index (κ2) is 7.08. The van der Waals surface area contributed by atoms with Crippen molar-refractivity contribution in [2.45, 2.75) is 12.8 Å². The Labute approximate surface area is 173 Å². The van der Waals surface area contributed by atoms with Crippen LogP contribution in [0.4, 0.5) is 0 Å². The Morgan fingerprint density at radius 1 is 1.24 bits per heavy atom. The van der Waals surface area contributed by atoms with Gasteiger partial charge in [0.2, 0.25) is 6.79 Å². The molecule has 0 aromatic heterocycles. The van der Waals surface area contributed by atoms with Gasteiger partial charge in [-0.05, 0) is 30.2 Å². The molecule has 0 saturated heterocycles. The van der Waals surface area contributed by atoms with Crippen LogP contribution in [0.3, 0.4) is 0 Å². The summed E-state index contributed by atoms with van der Waals surface area (Å²) in [4.78, 5) is 1.29. The number of benzene rings is 1. The van der Waals surface area contributed by atoms with E-state index in [2.05, 4.69) is 25.1 Å². The number of rotatable bonds is 2. The number of nitrogens with zero attached hydrogens (tertiary/aromatic N) is 3. The first-order valence-electron chi connectivity index (χ1n) is 9.44. The van der Waals surface area contributed by atoms with Crippen molar-refractivity contribution in [3.05, 3.63) is 34.4 Å². The van der Waals surface area contributed by atoms with E-state index in [0.717, 1.165) is 18.7 Å². The van der Waals surface area contributed by atoms with Gasteiger partial charge in [-0.15, -0.1) is 0 Å².